The van der Waals surface area contributed by atoms with Crippen molar-refractivity contribution in [3.8, 4) is 23.4 Å². The second-order valence-corrected chi connectivity index (χ2v) is 13.6. The third-order valence-electron chi connectivity index (χ3n) is 7.81. The summed E-state index contributed by atoms with van der Waals surface area (Å²) in [6, 6.07) is 21.7. The Morgan fingerprint density at radius 2 is 1.44 bits per heavy atom. The first kappa shape index (κ1) is 40.2. The van der Waals surface area contributed by atoms with E-state index in [0.29, 0.717) is 27.2 Å². The van der Waals surface area contributed by atoms with Crippen molar-refractivity contribution in [3.05, 3.63) is 90.0 Å². The van der Waals surface area contributed by atoms with E-state index in [4.69, 9.17) is 14.7 Å². The topological polar surface area (TPSA) is 287 Å². The first-order valence-corrected chi connectivity index (χ1v) is 18.5. The lowest BCUT2D eigenvalue weighted by atomic mass is 10.1. The number of azo groups is 3. The van der Waals surface area contributed by atoms with Crippen LogP contribution >= 0.6 is 12.0 Å². The lowest BCUT2D eigenvalue weighted by molar-refractivity contribution is -0.432. The molecule has 2 heterocycles. The van der Waals surface area contributed by atoms with E-state index < -0.39 is 28.2 Å². The van der Waals surface area contributed by atoms with Crippen molar-refractivity contribution in [1.82, 2.24) is 9.38 Å². The van der Waals surface area contributed by atoms with Gasteiger partial charge in [-0.15, -0.1) is 24.8 Å². The number of imidazole rings is 1. The summed E-state index contributed by atoms with van der Waals surface area (Å²) in [5, 5.41) is 77.1. The van der Waals surface area contributed by atoms with Gasteiger partial charge in [0.25, 0.3) is 10.1 Å². The van der Waals surface area contributed by atoms with Crippen LogP contribution in [0, 0.1) is 18.3 Å². The van der Waals surface area contributed by atoms with Gasteiger partial charge in [0.2, 0.25) is 5.88 Å². The number of pyridine rings is 1. The molecule has 0 saturated carbocycles. The van der Waals surface area contributed by atoms with Crippen LogP contribution in [0.1, 0.15) is 11.1 Å². The molecule has 5 N–H and O–H groups in total. The minimum atomic E-state index is -4.87. The Kier molecular flexibility index (Phi) is 12.7. The number of para-hydroxylation sites is 2. The van der Waals surface area contributed by atoms with Gasteiger partial charge in [0.15, 0.2) is 11.3 Å². The molecule has 0 radical (unpaired) electrons. The summed E-state index contributed by atoms with van der Waals surface area (Å²) in [6.07, 6.45) is 0. The number of nitriles is 1. The van der Waals surface area contributed by atoms with Crippen molar-refractivity contribution >= 4 is 73.0 Å². The van der Waals surface area contributed by atoms with E-state index in [1.807, 2.05) is 0 Å². The summed E-state index contributed by atoms with van der Waals surface area (Å²) in [4.78, 5) is 4.42. The molecule has 6 aromatic rings. The van der Waals surface area contributed by atoms with Gasteiger partial charge in [0, 0.05) is 22.6 Å². The number of aliphatic hydroxyl groups excluding tert-OH is 2. The Morgan fingerprint density at radius 1 is 0.825 bits per heavy atom. The summed E-state index contributed by atoms with van der Waals surface area (Å²) in [5.74, 6) is -0.362. The molecule has 0 unspecified atom stereocenters. The number of hydrogen-bond donors (Lipinski definition) is 5. The molecule has 22 heteroatoms. The molecular formula is C35H29N9O11S2. The Balaban J connectivity index is 1.37. The van der Waals surface area contributed by atoms with Gasteiger partial charge >= 0.3 is 0 Å². The van der Waals surface area contributed by atoms with Crippen molar-refractivity contribution in [2.24, 2.45) is 30.7 Å². The number of nitrogens with zero attached hydrogens (tertiary/aromatic N) is 9. The highest BCUT2D eigenvalue weighted by atomic mass is 32.2. The van der Waals surface area contributed by atoms with Crippen molar-refractivity contribution in [2.75, 3.05) is 26.4 Å². The summed E-state index contributed by atoms with van der Waals surface area (Å²) >= 11 is 0.743. The van der Waals surface area contributed by atoms with Crippen LogP contribution in [0.4, 0.5) is 34.1 Å². The van der Waals surface area contributed by atoms with Crippen LogP contribution in [0.5, 0.6) is 17.4 Å². The molecule has 0 bridgehead atoms. The van der Waals surface area contributed by atoms with Gasteiger partial charge in [-0.25, -0.2) is 10.2 Å². The van der Waals surface area contributed by atoms with Crippen LogP contribution < -0.4 is 9.47 Å². The monoisotopic (exact) mass is 815 g/mol. The average molecular weight is 816 g/mol. The van der Waals surface area contributed by atoms with E-state index >= 15 is 0 Å². The highest BCUT2D eigenvalue weighted by molar-refractivity contribution is 7.94. The predicted octanol–water partition coefficient (Wildman–Crippen LogP) is 8.04. The van der Waals surface area contributed by atoms with Crippen LogP contribution in [0.15, 0.2) is 119 Å². The van der Waals surface area contributed by atoms with Gasteiger partial charge in [-0.05, 0) is 61.5 Å². The van der Waals surface area contributed by atoms with Gasteiger partial charge < -0.3 is 24.8 Å². The van der Waals surface area contributed by atoms with Crippen LogP contribution in [0.3, 0.4) is 0 Å². The molecule has 0 atom stereocenters. The number of aromatic hydroxyl groups is 1. The molecule has 0 amide bonds. The molecule has 292 valence electrons. The summed E-state index contributed by atoms with van der Waals surface area (Å²) in [7, 11) is -4.87. The average Bonchev–Trinajstić information content (AvgIpc) is 3.60. The first-order chi connectivity index (χ1) is 27.6. The molecule has 20 nitrogen and oxygen atoms in total. The van der Waals surface area contributed by atoms with Crippen LogP contribution in [0.2, 0.25) is 0 Å². The molecular weight excluding hydrogens is 787 g/mol. The lowest BCUT2D eigenvalue weighted by Crippen LogP contribution is -2.04. The van der Waals surface area contributed by atoms with Gasteiger partial charge in [-0.3, -0.25) is 8.95 Å². The summed E-state index contributed by atoms with van der Waals surface area (Å²) < 4.78 is 52.0. The molecule has 4 aromatic carbocycles. The third kappa shape index (κ3) is 9.18. The molecule has 0 aliphatic rings. The van der Waals surface area contributed by atoms with Crippen LogP contribution in [0.25, 0.3) is 16.7 Å². The van der Waals surface area contributed by atoms with Crippen LogP contribution in [-0.2, 0) is 19.5 Å². The lowest BCUT2D eigenvalue weighted by Gasteiger charge is -2.13. The molecule has 0 fully saturated rings. The standard InChI is InChI=1S/C35H29N9O11S2/c1-20-24(19-36)34-37-25-4-2-3-5-29(25)44(34)35(47)33(20)43-42-28-18-30(52-14-12-45)27(17-31(28)53-15-13-46)41-40-26-11-8-22(16-32(26)57(49,50)51)39-38-21-6-9-23(10-7-21)56-55-54-48/h2-11,16-18,45-48H,12-15H2,1H3,(H,49,50,51). The van der Waals surface area contributed by atoms with E-state index in [-0.39, 0.29) is 70.2 Å². The molecule has 6 rings (SSSR count). The van der Waals surface area contributed by atoms with E-state index in [2.05, 4.69) is 51.1 Å². The van der Waals surface area contributed by atoms with Crippen molar-refractivity contribution in [3.63, 3.8) is 0 Å². The van der Waals surface area contributed by atoms with Crippen molar-refractivity contribution in [2.45, 2.75) is 16.7 Å². The first-order valence-electron chi connectivity index (χ1n) is 16.4. The smallest absolute Gasteiger partial charge is 0.296 e. The number of rotatable bonds is 16. The van der Waals surface area contributed by atoms with E-state index in [0.717, 1.165) is 18.1 Å². The Hall–Kier alpha value is -6.42. The zero-order chi connectivity index (χ0) is 40.5. The van der Waals surface area contributed by atoms with Gasteiger partial charge in [-0.2, -0.15) is 23.9 Å². The Bertz CT molecular complexity index is 2680. The SMILES string of the molecule is Cc1c(N=Nc2cc(OCCO)c(N=Nc3ccc(N=Nc4ccc(SOOO)cc4)cc3S(=O)(=O)O)cc2OCCO)c(O)n2c(nc3ccccc32)c1C#N. The largest absolute Gasteiger partial charge is 0.493 e. The van der Waals surface area contributed by atoms with Gasteiger partial charge in [0.05, 0.1) is 47.7 Å². The maximum Gasteiger partial charge on any atom is 0.296 e. The summed E-state index contributed by atoms with van der Waals surface area (Å²) in [6.45, 7) is 0.362. The predicted molar refractivity (Wildman–Crippen MR) is 201 cm³/mol. The summed E-state index contributed by atoms with van der Waals surface area (Å²) in [5.41, 5.74) is 1.80. The molecule has 0 spiro atoms. The number of ether oxygens (including phenoxy) is 2. The quantitative estimate of drug-likeness (QED) is 0.0203. The van der Waals surface area contributed by atoms with E-state index in [9.17, 15) is 33.6 Å². The van der Waals surface area contributed by atoms with E-state index in [1.165, 1.54) is 28.7 Å². The molecule has 0 aliphatic carbocycles. The Labute approximate surface area is 326 Å². The number of benzene rings is 4. The zero-order valence-electron chi connectivity index (χ0n) is 29.4. The number of aliphatic hydroxyl groups is 2. The normalized spacial score (nSPS) is 12.1. The van der Waals surface area contributed by atoms with Crippen molar-refractivity contribution in [1.29, 1.82) is 5.26 Å². The third-order valence-corrected chi connectivity index (χ3v) is 9.29. The fourth-order valence-electron chi connectivity index (χ4n) is 5.26. The fraction of sp³-hybridized carbons (Fsp3) is 0.143. The highest BCUT2D eigenvalue weighted by Crippen LogP contribution is 2.44. The Morgan fingerprint density at radius 3 is 2.07 bits per heavy atom. The minimum Gasteiger partial charge on any atom is -0.493 e. The molecule has 0 aliphatic heterocycles. The number of aromatic nitrogens is 2. The second kappa shape index (κ2) is 18.0. The minimum absolute atomic E-state index is 0.00319. The van der Waals surface area contributed by atoms with Crippen molar-refractivity contribution < 1.29 is 52.4 Å². The maximum absolute atomic E-state index is 12.4. The molecule has 57 heavy (non-hydrogen) atoms. The fourth-order valence-corrected chi connectivity index (χ4v) is 6.26. The zero-order valence-corrected chi connectivity index (χ0v) is 31.0. The number of hydrogen-bond acceptors (Lipinski definition) is 19. The molecule has 0 saturated heterocycles. The van der Waals surface area contributed by atoms with Gasteiger partial charge in [-0.1, -0.05) is 17.2 Å². The maximum atomic E-state index is 12.4. The highest BCUT2D eigenvalue weighted by Gasteiger charge is 2.22. The number of fused-ring (bicyclic) bond motifs is 3. The van der Waals surface area contributed by atoms with Crippen LogP contribution in [-0.4, -0.2) is 69.4 Å². The van der Waals surface area contributed by atoms with Gasteiger partial charge in [0.1, 0.15) is 58.3 Å². The van der Waals surface area contributed by atoms with E-state index in [1.54, 1.807) is 55.5 Å². The second-order valence-electron chi connectivity index (χ2n) is 11.4. The molecule has 2 aromatic heterocycles.